The Bertz CT molecular complexity index is 999. The number of hydrogen-bond donors (Lipinski definition) is 1. The number of anilines is 1. The third kappa shape index (κ3) is 13.1. The first-order valence-electron chi connectivity index (χ1n) is 14.6. The number of thioether (sulfide) groups is 1. The molecule has 3 rings (SSSR count). The third-order valence-corrected chi connectivity index (χ3v) is 7.78. The Labute approximate surface area is 244 Å². The van der Waals surface area contributed by atoms with E-state index in [2.05, 4.69) is 28.7 Å². The van der Waals surface area contributed by atoms with Crippen LogP contribution in [-0.2, 0) is 11.3 Å². The lowest BCUT2D eigenvalue weighted by Crippen LogP contribution is -2.20. The van der Waals surface area contributed by atoms with E-state index < -0.39 is 0 Å². The van der Waals surface area contributed by atoms with Crippen LogP contribution < -0.4 is 14.8 Å². The summed E-state index contributed by atoms with van der Waals surface area (Å²) in [6, 6.07) is 13.2. The first kappa shape index (κ1) is 31.2. The Kier molecular flexibility index (Phi) is 15.1. The standard InChI is InChI=1S/C32H45ClN2O3S/c1-2-3-4-5-6-7-8-9-10-11-12-13-21-37-31-23-28(33)16-19-30(31)38-25-32(36)34-29-17-14-27(15-18-29)24-35-20-22-39-26-35/h14-20,22-23H,2-13,21,24-26H2,1H3,(H,34,36). The molecule has 1 heterocycles. The number of nitrogens with zero attached hydrogens (tertiary/aromatic N) is 1. The highest BCUT2D eigenvalue weighted by Crippen LogP contribution is 2.31. The predicted octanol–water partition coefficient (Wildman–Crippen LogP) is 9.41. The van der Waals surface area contributed by atoms with Crippen LogP contribution in [0.1, 0.15) is 89.5 Å². The van der Waals surface area contributed by atoms with E-state index in [4.69, 9.17) is 21.1 Å². The number of amides is 1. The van der Waals surface area contributed by atoms with Gasteiger partial charge in [-0.25, -0.2) is 0 Å². The largest absolute Gasteiger partial charge is 0.490 e. The van der Waals surface area contributed by atoms with E-state index in [1.54, 1.807) is 30.0 Å². The first-order chi connectivity index (χ1) is 19.1. The lowest BCUT2D eigenvalue weighted by atomic mass is 10.1. The van der Waals surface area contributed by atoms with Crippen LogP contribution >= 0.6 is 23.4 Å². The molecule has 214 valence electrons. The Morgan fingerprint density at radius 3 is 2.18 bits per heavy atom. The van der Waals surface area contributed by atoms with E-state index in [0.29, 0.717) is 23.1 Å². The van der Waals surface area contributed by atoms with Crippen molar-refractivity contribution in [3.8, 4) is 11.5 Å². The zero-order valence-electron chi connectivity index (χ0n) is 23.5. The molecule has 1 N–H and O–H groups in total. The molecular formula is C32H45ClN2O3S. The molecular weight excluding hydrogens is 528 g/mol. The Balaban J connectivity index is 1.29. The molecule has 0 saturated carbocycles. The van der Waals surface area contributed by atoms with Gasteiger partial charge in [-0.2, -0.15) is 0 Å². The molecule has 2 aromatic carbocycles. The van der Waals surface area contributed by atoms with Crippen molar-refractivity contribution in [2.75, 3.05) is 24.4 Å². The fourth-order valence-electron chi connectivity index (χ4n) is 4.52. The van der Waals surface area contributed by atoms with Crippen LogP contribution in [-0.4, -0.2) is 29.9 Å². The molecule has 5 nitrogen and oxygen atoms in total. The zero-order valence-corrected chi connectivity index (χ0v) is 25.0. The minimum atomic E-state index is -0.219. The van der Waals surface area contributed by atoms with Crippen molar-refractivity contribution in [3.05, 3.63) is 64.7 Å². The maximum absolute atomic E-state index is 12.5. The number of hydrogen-bond acceptors (Lipinski definition) is 5. The Hall–Kier alpha value is -2.31. The van der Waals surface area contributed by atoms with Gasteiger partial charge in [0.2, 0.25) is 0 Å². The fourth-order valence-corrected chi connectivity index (χ4v) is 5.39. The minimum Gasteiger partial charge on any atom is -0.490 e. The molecule has 0 atom stereocenters. The molecule has 0 aliphatic carbocycles. The second-order valence-corrected chi connectivity index (χ2v) is 11.5. The van der Waals surface area contributed by atoms with E-state index in [1.807, 2.05) is 24.3 Å². The molecule has 0 saturated heterocycles. The summed E-state index contributed by atoms with van der Waals surface area (Å²) in [4.78, 5) is 14.7. The SMILES string of the molecule is CCCCCCCCCCCCCCOc1cc(Cl)ccc1OCC(=O)Nc1ccc(CN2C=CSC2)cc1. The van der Waals surface area contributed by atoms with Crippen molar-refractivity contribution in [3.63, 3.8) is 0 Å². The van der Waals surface area contributed by atoms with Crippen LogP contribution in [0.15, 0.2) is 54.1 Å². The topological polar surface area (TPSA) is 50.8 Å². The number of benzene rings is 2. The number of unbranched alkanes of at least 4 members (excludes halogenated alkanes) is 11. The predicted molar refractivity (Wildman–Crippen MR) is 166 cm³/mol. The molecule has 1 aliphatic heterocycles. The summed E-state index contributed by atoms with van der Waals surface area (Å²) >= 11 is 7.98. The van der Waals surface area contributed by atoms with E-state index in [0.717, 1.165) is 31.0 Å². The fraction of sp³-hybridized carbons (Fsp3) is 0.531. The average molecular weight is 573 g/mol. The highest BCUT2D eigenvalue weighted by atomic mass is 35.5. The van der Waals surface area contributed by atoms with Crippen molar-refractivity contribution >= 4 is 35.0 Å². The summed E-state index contributed by atoms with van der Waals surface area (Å²) in [6.45, 7) is 3.63. The molecule has 1 amide bonds. The van der Waals surface area contributed by atoms with Gasteiger partial charge < -0.3 is 19.7 Å². The molecule has 1 aliphatic rings. The van der Waals surface area contributed by atoms with Gasteiger partial charge in [-0.3, -0.25) is 4.79 Å². The van der Waals surface area contributed by atoms with Crippen LogP contribution in [0.5, 0.6) is 11.5 Å². The summed E-state index contributed by atoms with van der Waals surface area (Å²) in [7, 11) is 0. The number of halogens is 1. The molecule has 7 heteroatoms. The summed E-state index contributed by atoms with van der Waals surface area (Å²) in [6.07, 6.45) is 17.8. The van der Waals surface area contributed by atoms with E-state index >= 15 is 0 Å². The second-order valence-electron chi connectivity index (χ2n) is 10.2. The van der Waals surface area contributed by atoms with E-state index in [-0.39, 0.29) is 12.5 Å². The number of rotatable bonds is 20. The summed E-state index contributed by atoms with van der Waals surface area (Å²) in [5.41, 5.74) is 1.95. The molecule has 0 fully saturated rings. The highest BCUT2D eigenvalue weighted by molar-refractivity contribution is 8.02. The quantitative estimate of drug-likeness (QED) is 0.160. The maximum Gasteiger partial charge on any atom is 0.262 e. The Morgan fingerprint density at radius 2 is 1.54 bits per heavy atom. The minimum absolute atomic E-state index is 0.103. The van der Waals surface area contributed by atoms with Crippen LogP contribution in [0, 0.1) is 0 Å². The normalized spacial score (nSPS) is 12.6. The lowest BCUT2D eigenvalue weighted by Gasteiger charge is -2.15. The molecule has 0 spiro atoms. The molecule has 0 radical (unpaired) electrons. The van der Waals surface area contributed by atoms with Gasteiger partial charge >= 0.3 is 0 Å². The third-order valence-electron chi connectivity index (χ3n) is 6.75. The van der Waals surface area contributed by atoms with Crippen molar-refractivity contribution < 1.29 is 14.3 Å². The molecule has 0 unspecified atom stereocenters. The number of ether oxygens (including phenoxy) is 2. The van der Waals surface area contributed by atoms with Gasteiger partial charge in [0.05, 0.1) is 12.5 Å². The summed E-state index contributed by atoms with van der Waals surface area (Å²) in [5.74, 6) is 1.87. The van der Waals surface area contributed by atoms with Crippen molar-refractivity contribution in [1.82, 2.24) is 4.90 Å². The summed E-state index contributed by atoms with van der Waals surface area (Å²) in [5, 5.41) is 5.58. The molecule has 39 heavy (non-hydrogen) atoms. The van der Waals surface area contributed by atoms with Crippen LogP contribution in [0.3, 0.4) is 0 Å². The van der Waals surface area contributed by atoms with Gasteiger partial charge in [-0.1, -0.05) is 101 Å². The smallest absolute Gasteiger partial charge is 0.262 e. The second kappa shape index (κ2) is 18.9. The number of carbonyl (C=O) groups excluding carboxylic acids is 1. The average Bonchev–Trinajstić information content (AvgIpc) is 3.45. The molecule has 0 bridgehead atoms. The van der Waals surface area contributed by atoms with Gasteiger partial charge in [-0.05, 0) is 41.7 Å². The zero-order chi connectivity index (χ0) is 27.5. The lowest BCUT2D eigenvalue weighted by molar-refractivity contribution is -0.118. The van der Waals surface area contributed by atoms with Crippen molar-refractivity contribution in [2.45, 2.75) is 90.5 Å². The maximum atomic E-state index is 12.5. The first-order valence-corrected chi connectivity index (χ1v) is 16.0. The Morgan fingerprint density at radius 1 is 0.872 bits per heavy atom. The van der Waals surface area contributed by atoms with Crippen molar-refractivity contribution in [2.24, 2.45) is 0 Å². The monoisotopic (exact) mass is 572 g/mol. The van der Waals surface area contributed by atoms with Crippen LogP contribution in [0.4, 0.5) is 5.69 Å². The highest BCUT2D eigenvalue weighted by Gasteiger charge is 2.11. The number of nitrogens with one attached hydrogen (secondary N) is 1. The van der Waals surface area contributed by atoms with Crippen molar-refractivity contribution in [1.29, 1.82) is 0 Å². The molecule has 0 aromatic heterocycles. The van der Waals surface area contributed by atoms with E-state index in [9.17, 15) is 4.79 Å². The van der Waals surface area contributed by atoms with Crippen LogP contribution in [0.2, 0.25) is 5.02 Å². The number of carbonyl (C=O) groups is 1. The van der Waals surface area contributed by atoms with E-state index in [1.165, 1.54) is 69.8 Å². The van der Waals surface area contributed by atoms with Gasteiger partial charge in [0, 0.05) is 29.5 Å². The molecule has 2 aromatic rings. The van der Waals surface area contributed by atoms with Gasteiger partial charge in [0.15, 0.2) is 18.1 Å². The summed E-state index contributed by atoms with van der Waals surface area (Å²) < 4.78 is 11.8. The van der Waals surface area contributed by atoms with Crippen LogP contribution in [0.25, 0.3) is 0 Å². The van der Waals surface area contributed by atoms with Gasteiger partial charge in [0.25, 0.3) is 5.91 Å². The van der Waals surface area contributed by atoms with Gasteiger partial charge in [0.1, 0.15) is 0 Å². The van der Waals surface area contributed by atoms with Gasteiger partial charge in [-0.15, -0.1) is 11.8 Å².